The zero-order chi connectivity index (χ0) is 27.0. The molecule has 12 nitrogen and oxygen atoms in total. The van der Waals surface area contributed by atoms with Crippen LogP contribution < -0.4 is 20.9 Å². The van der Waals surface area contributed by atoms with E-state index in [1.807, 2.05) is 6.07 Å². The van der Waals surface area contributed by atoms with Gasteiger partial charge in [-0.3, -0.25) is 0 Å². The molecule has 200 valence electrons. The van der Waals surface area contributed by atoms with Gasteiger partial charge in [0.25, 0.3) is 6.43 Å². The highest BCUT2D eigenvalue weighted by Gasteiger charge is 2.36. The highest BCUT2D eigenvalue weighted by Crippen LogP contribution is 2.40. The lowest BCUT2D eigenvalue weighted by molar-refractivity contribution is 0.0922. The third-order valence-corrected chi connectivity index (χ3v) is 6.76. The van der Waals surface area contributed by atoms with Crippen molar-refractivity contribution in [3.63, 3.8) is 0 Å². The van der Waals surface area contributed by atoms with Gasteiger partial charge in [-0.2, -0.15) is 14.8 Å². The van der Waals surface area contributed by atoms with E-state index in [0.717, 1.165) is 12.8 Å². The van der Waals surface area contributed by atoms with Gasteiger partial charge in [-0.1, -0.05) is 11.6 Å². The number of fused-ring (bicyclic) bond motifs is 1. The van der Waals surface area contributed by atoms with Crippen LogP contribution in [0.2, 0.25) is 5.02 Å². The Hall–Kier alpha value is -3.96. The summed E-state index contributed by atoms with van der Waals surface area (Å²) in [5, 5.41) is 22.8. The molecule has 5 rings (SSSR count). The molecule has 3 heterocycles. The van der Waals surface area contributed by atoms with Crippen LogP contribution in [0.3, 0.4) is 0 Å². The van der Waals surface area contributed by atoms with Gasteiger partial charge in [0.15, 0.2) is 17.2 Å². The number of hydrogen-bond donors (Lipinski definition) is 3. The first-order chi connectivity index (χ1) is 18.3. The number of nitrogens with zero attached hydrogens (tertiary/aromatic N) is 6. The Labute approximate surface area is 220 Å². The minimum Gasteiger partial charge on any atom is -0.453 e. The number of carbonyl (C=O) groups is 1. The smallest absolute Gasteiger partial charge is 0.407 e. The molecule has 0 spiro atoms. The SMILES string of the molecule is COC(=O)N[C@@H]1CN(c2cc(C(F)F)cc(Nc3nc(NC4CC4)c4ncc(C#N)n4n3)c2Cl)C[C@@H]1OC. The zero-order valence-corrected chi connectivity index (χ0v) is 21.2. The van der Waals surface area contributed by atoms with Crippen LogP contribution in [0.25, 0.3) is 5.65 Å². The third kappa shape index (κ3) is 5.07. The lowest BCUT2D eigenvalue weighted by Crippen LogP contribution is -2.43. The van der Waals surface area contributed by atoms with Crippen molar-refractivity contribution in [3.05, 3.63) is 34.6 Å². The van der Waals surface area contributed by atoms with Gasteiger partial charge in [0.1, 0.15) is 6.07 Å². The van der Waals surface area contributed by atoms with Crippen LogP contribution in [-0.2, 0) is 9.47 Å². The molecule has 1 saturated heterocycles. The summed E-state index contributed by atoms with van der Waals surface area (Å²) in [6.45, 7) is 0.535. The minimum absolute atomic E-state index is 0.0378. The number of nitrogens with one attached hydrogen (secondary N) is 3. The molecule has 2 aliphatic rings. The minimum atomic E-state index is -2.79. The number of hydrogen-bond acceptors (Lipinski definition) is 10. The second-order valence-corrected chi connectivity index (χ2v) is 9.32. The van der Waals surface area contributed by atoms with Crippen molar-refractivity contribution in [2.24, 2.45) is 0 Å². The van der Waals surface area contributed by atoms with Crippen molar-refractivity contribution in [2.45, 2.75) is 37.5 Å². The second-order valence-electron chi connectivity index (χ2n) is 8.94. The number of nitriles is 1. The number of alkyl carbamates (subject to hydrolysis) is 1. The number of rotatable bonds is 8. The largest absolute Gasteiger partial charge is 0.453 e. The van der Waals surface area contributed by atoms with Crippen molar-refractivity contribution < 1.29 is 23.0 Å². The fourth-order valence-corrected chi connectivity index (χ4v) is 4.56. The summed E-state index contributed by atoms with van der Waals surface area (Å²) in [7, 11) is 2.75. The average Bonchev–Trinajstić information content (AvgIpc) is 3.47. The van der Waals surface area contributed by atoms with Crippen LogP contribution >= 0.6 is 11.6 Å². The molecule has 1 aliphatic carbocycles. The molecule has 0 radical (unpaired) electrons. The van der Waals surface area contributed by atoms with Gasteiger partial charge < -0.3 is 30.3 Å². The Morgan fingerprint density at radius 3 is 2.74 bits per heavy atom. The Kier molecular flexibility index (Phi) is 7.04. The number of amides is 1. The van der Waals surface area contributed by atoms with E-state index in [0.29, 0.717) is 17.2 Å². The summed E-state index contributed by atoms with van der Waals surface area (Å²) in [5.41, 5.74) is 0.750. The highest BCUT2D eigenvalue weighted by molar-refractivity contribution is 6.36. The summed E-state index contributed by atoms with van der Waals surface area (Å²) in [6.07, 6.45) is -0.517. The van der Waals surface area contributed by atoms with Crippen LogP contribution in [0.4, 0.5) is 36.7 Å². The summed E-state index contributed by atoms with van der Waals surface area (Å²) in [5.74, 6) is 0.447. The highest BCUT2D eigenvalue weighted by atomic mass is 35.5. The average molecular weight is 548 g/mol. The molecule has 2 fully saturated rings. The van der Waals surface area contributed by atoms with Gasteiger partial charge >= 0.3 is 6.09 Å². The fourth-order valence-electron chi connectivity index (χ4n) is 4.29. The first-order valence-corrected chi connectivity index (χ1v) is 12.1. The molecular formula is C23H24ClF2N9O3. The van der Waals surface area contributed by atoms with Gasteiger partial charge in [0.2, 0.25) is 5.95 Å². The van der Waals surface area contributed by atoms with Gasteiger partial charge in [0, 0.05) is 31.8 Å². The van der Waals surface area contributed by atoms with E-state index in [4.69, 9.17) is 16.3 Å². The molecular weight excluding hydrogens is 524 g/mol. The number of imidazole rings is 1. The first kappa shape index (κ1) is 25.7. The first-order valence-electron chi connectivity index (χ1n) is 11.7. The molecule has 1 aromatic carbocycles. The van der Waals surface area contributed by atoms with Crippen LogP contribution in [0, 0.1) is 11.3 Å². The second kappa shape index (κ2) is 10.4. The molecule has 3 N–H and O–H groups in total. The van der Waals surface area contributed by atoms with Crippen molar-refractivity contribution >= 4 is 46.5 Å². The van der Waals surface area contributed by atoms with Gasteiger partial charge in [0.05, 0.1) is 41.8 Å². The van der Waals surface area contributed by atoms with E-state index < -0.39 is 24.7 Å². The molecule has 38 heavy (non-hydrogen) atoms. The number of carbonyl (C=O) groups excluding carboxylic acids is 1. The lowest BCUT2D eigenvalue weighted by Gasteiger charge is -2.23. The topological polar surface area (TPSA) is 142 Å². The summed E-state index contributed by atoms with van der Waals surface area (Å²) in [6, 6.07) is 4.33. The third-order valence-electron chi connectivity index (χ3n) is 6.37. The van der Waals surface area contributed by atoms with Crippen molar-refractivity contribution in [1.82, 2.24) is 24.9 Å². The van der Waals surface area contributed by atoms with E-state index in [1.165, 1.54) is 37.1 Å². The van der Waals surface area contributed by atoms with E-state index >= 15 is 0 Å². The van der Waals surface area contributed by atoms with Gasteiger partial charge in [-0.15, -0.1) is 5.10 Å². The molecule has 15 heteroatoms. The number of aromatic nitrogens is 4. The monoisotopic (exact) mass is 547 g/mol. The van der Waals surface area contributed by atoms with E-state index in [9.17, 15) is 18.8 Å². The number of anilines is 4. The fraction of sp³-hybridized carbons (Fsp3) is 0.435. The summed E-state index contributed by atoms with van der Waals surface area (Å²) < 4.78 is 39.3. The standard InChI is InChI=1S/C23H24ClF2N9O3/c1-37-17-10-34(9-15(17)31-23(36)38-2)16-6-11(19(25)26)5-14(18(16)24)30-22-32-20(29-12-3-4-12)21-28-8-13(7-27)35(21)33-22/h5-6,8,12,15,17,19H,3-4,9-10H2,1-2H3,(H,31,36)(H2,29,30,32,33)/t15-,17+/m1/s1. The lowest BCUT2D eigenvalue weighted by atomic mass is 10.1. The number of methoxy groups -OCH3 is 2. The van der Waals surface area contributed by atoms with Crippen molar-refractivity contribution in [1.29, 1.82) is 5.26 Å². The van der Waals surface area contributed by atoms with Crippen molar-refractivity contribution in [3.8, 4) is 6.07 Å². The molecule has 1 saturated carbocycles. The number of benzene rings is 1. The molecule has 0 unspecified atom stereocenters. The Morgan fingerprint density at radius 2 is 2.08 bits per heavy atom. The number of ether oxygens (including phenoxy) is 2. The molecule has 1 aliphatic heterocycles. The quantitative estimate of drug-likeness (QED) is 0.384. The molecule has 0 bridgehead atoms. The summed E-state index contributed by atoms with van der Waals surface area (Å²) in [4.78, 5) is 22.2. The molecule has 3 aromatic rings. The number of halogens is 3. The number of alkyl halides is 2. The van der Waals surface area contributed by atoms with E-state index in [2.05, 4.69) is 35.8 Å². The van der Waals surface area contributed by atoms with Crippen LogP contribution in [0.15, 0.2) is 18.3 Å². The Bertz CT molecular complexity index is 1410. The molecule has 2 aromatic heterocycles. The predicted octanol–water partition coefficient (Wildman–Crippen LogP) is 3.46. The van der Waals surface area contributed by atoms with Crippen LogP contribution in [0.1, 0.15) is 30.5 Å². The maximum atomic E-state index is 13.9. The Morgan fingerprint density at radius 1 is 1.29 bits per heavy atom. The molecule has 1 amide bonds. The van der Waals surface area contributed by atoms with Crippen molar-refractivity contribution in [2.75, 3.05) is 42.8 Å². The van der Waals surface area contributed by atoms with Crippen LogP contribution in [0.5, 0.6) is 0 Å². The normalized spacial score (nSPS) is 19.0. The predicted molar refractivity (Wildman–Crippen MR) is 134 cm³/mol. The summed E-state index contributed by atoms with van der Waals surface area (Å²) >= 11 is 6.73. The van der Waals surface area contributed by atoms with Gasteiger partial charge in [-0.05, 0) is 25.0 Å². The van der Waals surface area contributed by atoms with E-state index in [1.54, 1.807) is 4.90 Å². The zero-order valence-electron chi connectivity index (χ0n) is 20.4. The van der Waals surface area contributed by atoms with Gasteiger partial charge in [-0.25, -0.2) is 18.6 Å². The maximum Gasteiger partial charge on any atom is 0.407 e. The van der Waals surface area contributed by atoms with Crippen LogP contribution in [-0.4, -0.2) is 71.2 Å². The van der Waals surface area contributed by atoms with E-state index in [-0.39, 0.29) is 47.0 Å². The maximum absolute atomic E-state index is 13.9. The Balaban J connectivity index is 1.51. The molecule has 2 atom stereocenters.